The first-order valence-electron chi connectivity index (χ1n) is 9.34. The molecule has 3 aromatic carbocycles. The Morgan fingerprint density at radius 3 is 1.85 bits per heavy atom. The number of hydroxylamine groups is 2. The average molecular weight is 356 g/mol. The second-order valence-corrected chi connectivity index (χ2v) is 6.79. The molecular weight excluding hydrogens is 332 g/mol. The van der Waals surface area contributed by atoms with Gasteiger partial charge in [0.25, 0.3) is 0 Å². The maximum absolute atomic E-state index is 6.17. The first-order chi connectivity index (χ1) is 13.4. The van der Waals surface area contributed by atoms with Gasteiger partial charge < -0.3 is 4.90 Å². The minimum Gasteiger partial charge on any atom is -0.352 e. The molecule has 3 aromatic rings. The van der Waals surface area contributed by atoms with Gasteiger partial charge in [-0.15, -0.1) is 0 Å². The molecule has 3 heteroatoms. The second kappa shape index (κ2) is 8.56. The summed E-state index contributed by atoms with van der Waals surface area (Å²) in [6.45, 7) is 2.19. The number of hydrogen-bond acceptors (Lipinski definition) is 3. The van der Waals surface area contributed by atoms with Gasteiger partial charge in [-0.25, -0.2) is 5.06 Å². The molecule has 3 nitrogen and oxygen atoms in total. The first-order valence-corrected chi connectivity index (χ1v) is 9.34. The van der Waals surface area contributed by atoms with Gasteiger partial charge in [0, 0.05) is 19.2 Å². The molecule has 1 aliphatic heterocycles. The fourth-order valence-corrected chi connectivity index (χ4v) is 3.27. The highest BCUT2D eigenvalue weighted by Gasteiger charge is 2.22. The van der Waals surface area contributed by atoms with E-state index in [0.29, 0.717) is 6.61 Å². The minimum absolute atomic E-state index is 0.576. The molecule has 0 radical (unpaired) electrons. The number of nitrogens with zero attached hydrogens (tertiary/aromatic N) is 2. The molecule has 0 aliphatic carbocycles. The summed E-state index contributed by atoms with van der Waals surface area (Å²) in [6.07, 6.45) is 3.09. The molecule has 0 spiro atoms. The van der Waals surface area contributed by atoms with E-state index < -0.39 is 0 Å². The Morgan fingerprint density at radius 2 is 1.22 bits per heavy atom. The first kappa shape index (κ1) is 17.4. The number of allylic oxidation sites excluding steroid dienone is 1. The molecule has 0 amide bonds. The zero-order valence-electron chi connectivity index (χ0n) is 15.4. The summed E-state index contributed by atoms with van der Waals surface area (Å²) in [5, 5.41) is 2.03. The van der Waals surface area contributed by atoms with Crippen molar-refractivity contribution in [1.29, 1.82) is 0 Å². The summed E-state index contributed by atoms with van der Waals surface area (Å²) in [5.74, 6) is 0. The molecule has 1 aliphatic rings. The Kier molecular flexibility index (Phi) is 5.51. The van der Waals surface area contributed by atoms with Gasteiger partial charge in [0.15, 0.2) is 0 Å². The molecule has 27 heavy (non-hydrogen) atoms. The monoisotopic (exact) mass is 356 g/mol. The van der Waals surface area contributed by atoms with Crippen molar-refractivity contribution in [2.45, 2.75) is 19.6 Å². The van der Waals surface area contributed by atoms with Crippen molar-refractivity contribution >= 4 is 0 Å². The highest BCUT2D eigenvalue weighted by Crippen LogP contribution is 2.23. The molecule has 0 fully saturated rings. The molecule has 0 saturated carbocycles. The maximum Gasteiger partial charge on any atom is 0.116 e. The van der Waals surface area contributed by atoms with E-state index in [1.165, 1.54) is 22.4 Å². The molecule has 1 heterocycles. The van der Waals surface area contributed by atoms with Gasteiger partial charge in [-0.2, -0.15) is 0 Å². The Balaban J connectivity index is 1.47. The van der Waals surface area contributed by atoms with E-state index in [0.717, 1.165) is 19.6 Å². The van der Waals surface area contributed by atoms with Crippen LogP contribution in [0.5, 0.6) is 0 Å². The third-order valence-electron chi connectivity index (χ3n) is 4.65. The van der Waals surface area contributed by atoms with Crippen LogP contribution < -0.4 is 0 Å². The van der Waals surface area contributed by atoms with Crippen LogP contribution in [0.3, 0.4) is 0 Å². The highest BCUT2D eigenvalue weighted by molar-refractivity contribution is 5.23. The van der Waals surface area contributed by atoms with Gasteiger partial charge in [0.05, 0.1) is 12.3 Å². The average Bonchev–Trinajstić information content (AvgIpc) is 3.10. The lowest BCUT2D eigenvalue weighted by Gasteiger charge is -2.23. The van der Waals surface area contributed by atoms with Gasteiger partial charge in [-0.1, -0.05) is 91.0 Å². The Labute approximate surface area is 161 Å². The summed E-state index contributed by atoms with van der Waals surface area (Å²) in [5.41, 5.74) is 4.96. The molecular formula is C24H24N2O. The van der Waals surface area contributed by atoms with Crippen LogP contribution in [0.4, 0.5) is 0 Å². The van der Waals surface area contributed by atoms with Crippen LogP contribution in [0.2, 0.25) is 0 Å². The van der Waals surface area contributed by atoms with Crippen molar-refractivity contribution in [3.63, 3.8) is 0 Å². The third-order valence-corrected chi connectivity index (χ3v) is 4.65. The summed E-state index contributed by atoms with van der Waals surface area (Å²) in [6, 6.07) is 31.4. The predicted molar refractivity (Wildman–Crippen MR) is 108 cm³/mol. The number of hydrogen-bond donors (Lipinski definition) is 0. The smallest absolute Gasteiger partial charge is 0.116 e. The van der Waals surface area contributed by atoms with E-state index in [1.807, 2.05) is 23.3 Å². The fourth-order valence-electron chi connectivity index (χ4n) is 3.27. The topological polar surface area (TPSA) is 15.7 Å². The van der Waals surface area contributed by atoms with Gasteiger partial charge >= 0.3 is 0 Å². The van der Waals surface area contributed by atoms with Crippen LogP contribution in [0.25, 0.3) is 0 Å². The van der Waals surface area contributed by atoms with Crippen LogP contribution >= 0.6 is 0 Å². The molecule has 0 unspecified atom stereocenters. The lowest BCUT2D eigenvalue weighted by atomic mass is 10.1. The second-order valence-electron chi connectivity index (χ2n) is 6.79. The number of benzene rings is 3. The van der Waals surface area contributed by atoms with Crippen molar-refractivity contribution in [3.05, 3.63) is 120 Å². The Bertz CT molecular complexity index is 863. The van der Waals surface area contributed by atoms with Crippen LogP contribution in [-0.4, -0.2) is 16.6 Å². The summed E-state index contributed by atoms with van der Waals surface area (Å²) in [7, 11) is 0. The van der Waals surface area contributed by atoms with E-state index in [9.17, 15) is 0 Å². The van der Waals surface area contributed by atoms with Crippen molar-refractivity contribution < 1.29 is 4.84 Å². The molecule has 0 saturated heterocycles. The molecule has 136 valence electrons. The zero-order chi connectivity index (χ0) is 18.3. The Morgan fingerprint density at radius 1 is 0.667 bits per heavy atom. The molecule has 4 rings (SSSR count). The van der Waals surface area contributed by atoms with Gasteiger partial charge in [-0.3, -0.25) is 4.84 Å². The fraction of sp³-hybridized carbons (Fsp3) is 0.167. The normalized spacial score (nSPS) is 13.7. The maximum atomic E-state index is 6.17. The van der Waals surface area contributed by atoms with Crippen molar-refractivity contribution in [1.82, 2.24) is 9.96 Å². The van der Waals surface area contributed by atoms with E-state index in [1.54, 1.807) is 0 Å². The summed E-state index contributed by atoms with van der Waals surface area (Å²) < 4.78 is 0. The lowest BCUT2D eigenvalue weighted by molar-refractivity contribution is -0.151. The van der Waals surface area contributed by atoms with E-state index in [-0.39, 0.29) is 0 Å². The minimum atomic E-state index is 0.576. The Hall–Kier alpha value is -3.04. The lowest BCUT2D eigenvalue weighted by Crippen LogP contribution is -2.27. The van der Waals surface area contributed by atoms with Gasteiger partial charge in [0.1, 0.15) is 6.67 Å². The molecule has 0 N–H and O–H groups in total. The molecule has 0 bridgehead atoms. The van der Waals surface area contributed by atoms with E-state index in [4.69, 9.17) is 4.84 Å². The standard InChI is InChI=1S/C24H24N2O/c1-4-10-21(11-5-1)16-24-18-25(17-22-12-6-2-7-13-22)20-26(24)27-19-23-14-8-3-9-15-23/h1-15,18H,16-17,19-20H2. The van der Waals surface area contributed by atoms with E-state index in [2.05, 4.69) is 83.9 Å². The largest absolute Gasteiger partial charge is 0.352 e. The summed E-state index contributed by atoms with van der Waals surface area (Å²) in [4.78, 5) is 8.47. The molecule has 0 atom stereocenters. The predicted octanol–water partition coefficient (Wildman–Crippen LogP) is 4.98. The highest BCUT2D eigenvalue weighted by atomic mass is 16.7. The van der Waals surface area contributed by atoms with Crippen LogP contribution in [0.1, 0.15) is 16.7 Å². The van der Waals surface area contributed by atoms with E-state index >= 15 is 0 Å². The molecule has 0 aromatic heterocycles. The van der Waals surface area contributed by atoms with Crippen molar-refractivity contribution in [2.75, 3.05) is 6.67 Å². The van der Waals surface area contributed by atoms with Crippen molar-refractivity contribution in [3.8, 4) is 0 Å². The van der Waals surface area contributed by atoms with Gasteiger partial charge in [-0.05, 0) is 16.7 Å². The zero-order valence-corrected chi connectivity index (χ0v) is 15.4. The quantitative estimate of drug-likeness (QED) is 0.594. The third kappa shape index (κ3) is 4.78. The number of rotatable bonds is 7. The summed E-state index contributed by atoms with van der Waals surface area (Å²) >= 11 is 0. The SMILES string of the molecule is C1=C(Cc2ccccc2)N(OCc2ccccc2)CN1Cc1ccccc1. The van der Waals surface area contributed by atoms with Crippen molar-refractivity contribution in [2.24, 2.45) is 0 Å². The van der Waals surface area contributed by atoms with Crippen LogP contribution in [-0.2, 0) is 24.4 Å². The van der Waals surface area contributed by atoms with Gasteiger partial charge in [0.2, 0.25) is 0 Å². The van der Waals surface area contributed by atoms with Crippen LogP contribution in [0, 0.1) is 0 Å². The van der Waals surface area contributed by atoms with Crippen LogP contribution in [0.15, 0.2) is 103 Å².